The Labute approximate surface area is 174 Å². The molecule has 0 bridgehead atoms. The lowest BCUT2D eigenvalue weighted by atomic mass is 10.2. The summed E-state index contributed by atoms with van der Waals surface area (Å²) in [5, 5.41) is 30.0. The number of pyridine rings is 1. The first-order valence-electron chi connectivity index (χ1n) is 9.60. The van der Waals surface area contributed by atoms with Crippen molar-refractivity contribution in [1.82, 2.24) is 20.5 Å². The average molecular weight is 408 g/mol. The van der Waals surface area contributed by atoms with Gasteiger partial charge >= 0.3 is 5.97 Å². The monoisotopic (exact) mass is 408 g/mol. The molecule has 0 amide bonds. The highest BCUT2D eigenvalue weighted by molar-refractivity contribution is 5.87. The normalized spacial score (nSPS) is 10.7. The Morgan fingerprint density at radius 2 is 1.87 bits per heavy atom. The predicted molar refractivity (Wildman–Crippen MR) is 110 cm³/mol. The minimum absolute atomic E-state index is 0.104. The van der Waals surface area contributed by atoms with Gasteiger partial charge in [0.1, 0.15) is 18.1 Å². The van der Waals surface area contributed by atoms with Crippen LogP contribution in [0, 0.1) is 6.92 Å². The van der Waals surface area contributed by atoms with E-state index in [1.165, 1.54) is 12.1 Å². The van der Waals surface area contributed by atoms with Gasteiger partial charge in [0.15, 0.2) is 0 Å². The van der Waals surface area contributed by atoms with Crippen molar-refractivity contribution in [1.29, 1.82) is 0 Å². The zero-order valence-corrected chi connectivity index (χ0v) is 16.7. The molecule has 0 spiro atoms. The van der Waals surface area contributed by atoms with Gasteiger partial charge in [0, 0.05) is 25.6 Å². The van der Waals surface area contributed by atoms with Crippen molar-refractivity contribution in [2.75, 3.05) is 6.54 Å². The largest absolute Gasteiger partial charge is 0.487 e. The van der Waals surface area contributed by atoms with Crippen LogP contribution in [0.4, 0.5) is 0 Å². The number of ether oxygens (including phenoxy) is 1. The number of hydrogen-bond donors (Lipinski definition) is 3. The van der Waals surface area contributed by atoms with Crippen molar-refractivity contribution in [3.63, 3.8) is 0 Å². The molecule has 2 heterocycles. The van der Waals surface area contributed by atoms with Gasteiger partial charge in [0.2, 0.25) is 0 Å². The summed E-state index contributed by atoms with van der Waals surface area (Å²) < 4.78 is 5.96. The van der Waals surface area contributed by atoms with E-state index in [1.807, 2.05) is 43.3 Å². The standard InChI is InChI=1S/C22H24N4O4/c1-15-9-21(30-14-16-5-3-2-4-6-16)20(26-25-15)7-8-23-12-18-10-17(22(28)29)11-19(13-27)24-18/h2-6,9-11,23,27H,7-8,12-14H2,1H3,(H,28,29). The molecule has 8 nitrogen and oxygen atoms in total. The number of hydrogen-bond acceptors (Lipinski definition) is 7. The molecule has 3 rings (SSSR count). The smallest absolute Gasteiger partial charge is 0.335 e. The van der Waals surface area contributed by atoms with Crippen molar-refractivity contribution in [3.8, 4) is 5.75 Å². The van der Waals surface area contributed by atoms with Crippen molar-refractivity contribution in [2.24, 2.45) is 0 Å². The van der Waals surface area contributed by atoms with Gasteiger partial charge in [0.25, 0.3) is 0 Å². The van der Waals surface area contributed by atoms with Crippen molar-refractivity contribution >= 4 is 5.97 Å². The van der Waals surface area contributed by atoms with Crippen LogP contribution < -0.4 is 10.1 Å². The number of aliphatic hydroxyl groups excluding tert-OH is 1. The van der Waals surface area contributed by atoms with E-state index in [4.69, 9.17) is 4.74 Å². The molecular formula is C22H24N4O4. The van der Waals surface area contributed by atoms with E-state index in [-0.39, 0.29) is 12.2 Å². The van der Waals surface area contributed by atoms with E-state index in [0.29, 0.717) is 43.3 Å². The number of aryl methyl sites for hydroxylation is 1. The van der Waals surface area contributed by atoms with Crippen LogP contribution in [0.25, 0.3) is 0 Å². The zero-order chi connectivity index (χ0) is 21.3. The second-order valence-corrected chi connectivity index (χ2v) is 6.80. The second-order valence-electron chi connectivity index (χ2n) is 6.80. The number of carboxylic acid groups (broad SMARTS) is 1. The molecule has 1 aromatic carbocycles. The summed E-state index contributed by atoms with van der Waals surface area (Å²) in [5.74, 6) is -0.356. The maximum Gasteiger partial charge on any atom is 0.335 e. The number of nitrogens with one attached hydrogen (secondary N) is 1. The number of aliphatic hydroxyl groups is 1. The van der Waals surface area contributed by atoms with Crippen LogP contribution in [-0.4, -0.2) is 37.9 Å². The van der Waals surface area contributed by atoms with Gasteiger partial charge < -0.3 is 20.3 Å². The Morgan fingerprint density at radius 3 is 2.60 bits per heavy atom. The van der Waals surface area contributed by atoms with E-state index in [2.05, 4.69) is 20.5 Å². The van der Waals surface area contributed by atoms with Gasteiger partial charge in [-0.2, -0.15) is 10.2 Å². The summed E-state index contributed by atoms with van der Waals surface area (Å²) in [5.41, 5.74) is 3.57. The van der Waals surface area contributed by atoms with E-state index in [9.17, 15) is 15.0 Å². The van der Waals surface area contributed by atoms with Crippen LogP contribution in [0.15, 0.2) is 48.5 Å². The summed E-state index contributed by atoms with van der Waals surface area (Å²) in [6.07, 6.45) is 0.586. The predicted octanol–water partition coefficient (Wildman–Crippen LogP) is 2.28. The van der Waals surface area contributed by atoms with Crippen LogP contribution >= 0.6 is 0 Å². The molecular weight excluding hydrogens is 384 g/mol. The molecule has 3 N–H and O–H groups in total. The summed E-state index contributed by atoms with van der Waals surface area (Å²) in [6, 6.07) is 14.6. The highest BCUT2D eigenvalue weighted by Gasteiger charge is 2.10. The van der Waals surface area contributed by atoms with Crippen LogP contribution in [-0.2, 0) is 26.2 Å². The van der Waals surface area contributed by atoms with Gasteiger partial charge in [-0.05, 0) is 24.6 Å². The molecule has 0 saturated heterocycles. The van der Waals surface area contributed by atoms with Gasteiger partial charge in [-0.25, -0.2) is 4.79 Å². The first-order chi connectivity index (χ1) is 14.5. The number of carboxylic acids is 1. The van der Waals surface area contributed by atoms with E-state index in [0.717, 1.165) is 17.0 Å². The average Bonchev–Trinajstić information content (AvgIpc) is 2.76. The number of nitrogens with zero attached hydrogens (tertiary/aromatic N) is 3. The number of aromatic nitrogens is 3. The minimum Gasteiger partial charge on any atom is -0.487 e. The first-order valence-corrected chi connectivity index (χ1v) is 9.60. The molecule has 0 unspecified atom stereocenters. The van der Waals surface area contributed by atoms with Gasteiger partial charge in [0.05, 0.1) is 29.3 Å². The molecule has 0 aliphatic rings. The van der Waals surface area contributed by atoms with Crippen LogP contribution in [0.2, 0.25) is 0 Å². The number of benzene rings is 1. The highest BCUT2D eigenvalue weighted by Crippen LogP contribution is 2.18. The highest BCUT2D eigenvalue weighted by atomic mass is 16.5. The van der Waals surface area contributed by atoms with Gasteiger partial charge in [-0.1, -0.05) is 30.3 Å². The number of rotatable bonds is 10. The zero-order valence-electron chi connectivity index (χ0n) is 16.7. The number of carbonyl (C=O) groups is 1. The fourth-order valence-corrected chi connectivity index (χ4v) is 2.89. The summed E-state index contributed by atoms with van der Waals surface area (Å²) >= 11 is 0. The Bertz CT molecular complexity index is 996. The second kappa shape index (κ2) is 10.4. The Balaban J connectivity index is 1.58. The molecule has 0 fully saturated rings. The summed E-state index contributed by atoms with van der Waals surface area (Å²) in [7, 11) is 0. The molecule has 0 saturated carbocycles. The topological polar surface area (TPSA) is 117 Å². The minimum atomic E-state index is -1.05. The van der Waals surface area contributed by atoms with E-state index >= 15 is 0 Å². The Morgan fingerprint density at radius 1 is 1.10 bits per heavy atom. The molecule has 0 atom stereocenters. The van der Waals surface area contributed by atoms with E-state index in [1.54, 1.807) is 0 Å². The van der Waals surface area contributed by atoms with Crippen molar-refractivity contribution in [2.45, 2.75) is 33.1 Å². The third-order valence-corrected chi connectivity index (χ3v) is 4.38. The number of aromatic carboxylic acids is 1. The maximum atomic E-state index is 11.2. The molecule has 3 aromatic rings. The van der Waals surface area contributed by atoms with Crippen LogP contribution in [0.1, 0.15) is 38.7 Å². The lowest BCUT2D eigenvalue weighted by molar-refractivity contribution is 0.0696. The first kappa shape index (κ1) is 21.4. The summed E-state index contributed by atoms with van der Waals surface area (Å²) in [6.45, 7) is 2.95. The van der Waals surface area contributed by atoms with Crippen molar-refractivity contribution in [3.05, 3.63) is 82.4 Å². The lowest BCUT2D eigenvalue weighted by Gasteiger charge is -2.12. The lowest BCUT2D eigenvalue weighted by Crippen LogP contribution is -2.19. The van der Waals surface area contributed by atoms with Crippen molar-refractivity contribution < 1.29 is 19.7 Å². The molecule has 30 heavy (non-hydrogen) atoms. The fourth-order valence-electron chi connectivity index (χ4n) is 2.89. The Kier molecular flexibility index (Phi) is 7.42. The summed E-state index contributed by atoms with van der Waals surface area (Å²) in [4.78, 5) is 15.4. The van der Waals surface area contributed by atoms with Crippen LogP contribution in [0.3, 0.4) is 0 Å². The van der Waals surface area contributed by atoms with E-state index < -0.39 is 5.97 Å². The fraction of sp³-hybridized carbons (Fsp3) is 0.273. The molecule has 0 aliphatic carbocycles. The third-order valence-electron chi connectivity index (χ3n) is 4.38. The maximum absolute atomic E-state index is 11.2. The SMILES string of the molecule is Cc1cc(OCc2ccccc2)c(CCNCc2cc(C(=O)O)cc(CO)n2)nn1. The molecule has 8 heteroatoms. The van der Waals surface area contributed by atoms with Gasteiger partial charge in [-0.15, -0.1) is 0 Å². The molecule has 2 aromatic heterocycles. The van der Waals surface area contributed by atoms with Crippen LogP contribution in [0.5, 0.6) is 5.75 Å². The van der Waals surface area contributed by atoms with Gasteiger partial charge in [-0.3, -0.25) is 4.98 Å². The third kappa shape index (κ3) is 6.07. The molecule has 0 aliphatic heterocycles. The molecule has 156 valence electrons. The molecule has 0 radical (unpaired) electrons. The quantitative estimate of drug-likeness (QED) is 0.438. The Hall–Kier alpha value is -3.36.